The first-order valence-electron chi connectivity index (χ1n) is 10.2. The average Bonchev–Trinajstić information content (AvgIpc) is 3.02. The van der Waals surface area contributed by atoms with Crippen LogP contribution in [0.4, 0.5) is 10.5 Å². The molecule has 2 saturated heterocycles. The van der Waals surface area contributed by atoms with Crippen LogP contribution in [0, 0.1) is 13.8 Å². The van der Waals surface area contributed by atoms with Gasteiger partial charge in [-0.3, -0.25) is 4.79 Å². The lowest BCUT2D eigenvalue weighted by atomic mass is 10.1. The van der Waals surface area contributed by atoms with Gasteiger partial charge >= 0.3 is 6.03 Å². The van der Waals surface area contributed by atoms with E-state index in [4.69, 9.17) is 0 Å². The molecule has 1 aromatic carbocycles. The summed E-state index contributed by atoms with van der Waals surface area (Å²) >= 11 is 0. The molecule has 0 radical (unpaired) electrons. The van der Waals surface area contributed by atoms with Crippen molar-refractivity contribution >= 4 is 17.6 Å². The number of rotatable bonds is 6. The fourth-order valence-corrected chi connectivity index (χ4v) is 3.87. The zero-order chi connectivity index (χ0) is 19.2. The molecule has 2 aliphatic rings. The average molecular weight is 373 g/mol. The Morgan fingerprint density at radius 2 is 1.93 bits per heavy atom. The van der Waals surface area contributed by atoms with Crippen LogP contribution in [0.3, 0.4) is 0 Å². The number of nitrogens with zero attached hydrogens (tertiary/aromatic N) is 2. The summed E-state index contributed by atoms with van der Waals surface area (Å²) in [5.74, 6) is 0.0636. The smallest absolute Gasteiger partial charge is 0.315 e. The van der Waals surface area contributed by atoms with Crippen LogP contribution in [0.5, 0.6) is 0 Å². The van der Waals surface area contributed by atoms with Crippen LogP contribution in [0.2, 0.25) is 0 Å². The molecule has 2 N–H and O–H groups in total. The summed E-state index contributed by atoms with van der Waals surface area (Å²) in [5.41, 5.74) is 3.29. The predicted octanol–water partition coefficient (Wildman–Crippen LogP) is 2.58. The van der Waals surface area contributed by atoms with E-state index >= 15 is 0 Å². The number of hydrogen-bond donors (Lipinski definition) is 2. The number of aryl methyl sites for hydroxylation is 2. The molecular weight excluding hydrogens is 340 g/mol. The first kappa shape index (κ1) is 19.7. The molecular formula is C21H32N4O2. The molecule has 0 spiro atoms. The van der Waals surface area contributed by atoms with Gasteiger partial charge in [0.1, 0.15) is 0 Å². The van der Waals surface area contributed by atoms with E-state index in [1.54, 1.807) is 4.90 Å². The molecule has 27 heavy (non-hydrogen) atoms. The van der Waals surface area contributed by atoms with Gasteiger partial charge in [-0.2, -0.15) is 0 Å². The molecule has 3 amide bonds. The summed E-state index contributed by atoms with van der Waals surface area (Å²) in [4.78, 5) is 28.7. The molecule has 0 aromatic heterocycles. The molecule has 0 unspecified atom stereocenters. The van der Waals surface area contributed by atoms with Crippen molar-refractivity contribution in [3.63, 3.8) is 0 Å². The Kier molecular flexibility index (Phi) is 6.72. The molecule has 6 nitrogen and oxygen atoms in total. The summed E-state index contributed by atoms with van der Waals surface area (Å²) in [5, 5.41) is 5.88. The van der Waals surface area contributed by atoms with Gasteiger partial charge in [0.05, 0.1) is 6.04 Å². The van der Waals surface area contributed by atoms with Crippen molar-refractivity contribution in [3.8, 4) is 0 Å². The number of likely N-dealkylation sites (tertiary alicyclic amines) is 1. The number of piperidine rings is 1. The van der Waals surface area contributed by atoms with Crippen molar-refractivity contribution in [2.45, 2.75) is 52.0 Å². The van der Waals surface area contributed by atoms with Crippen LogP contribution in [0.1, 0.15) is 43.2 Å². The highest BCUT2D eigenvalue weighted by molar-refractivity contribution is 5.96. The van der Waals surface area contributed by atoms with Crippen LogP contribution < -0.4 is 15.5 Å². The van der Waals surface area contributed by atoms with Crippen LogP contribution >= 0.6 is 0 Å². The number of anilines is 1. The second kappa shape index (κ2) is 9.22. The largest absolute Gasteiger partial charge is 0.338 e. The summed E-state index contributed by atoms with van der Waals surface area (Å²) in [7, 11) is 0. The van der Waals surface area contributed by atoms with Gasteiger partial charge in [0, 0.05) is 25.2 Å². The fraction of sp³-hybridized carbons (Fsp3) is 0.619. The quantitative estimate of drug-likeness (QED) is 0.755. The SMILES string of the molecule is Cc1ccc(N2C[C@H](NC(=O)NCCCN3CCCCC3)CC2=O)cc1C. The zero-order valence-electron chi connectivity index (χ0n) is 16.6. The monoisotopic (exact) mass is 372 g/mol. The first-order valence-corrected chi connectivity index (χ1v) is 10.2. The molecule has 148 valence electrons. The van der Waals surface area contributed by atoms with E-state index in [0.29, 0.717) is 19.5 Å². The number of amides is 3. The Morgan fingerprint density at radius 3 is 2.67 bits per heavy atom. The molecule has 0 bridgehead atoms. The van der Waals surface area contributed by atoms with Crippen molar-refractivity contribution in [2.24, 2.45) is 0 Å². The van der Waals surface area contributed by atoms with Gasteiger partial charge in [-0.05, 0) is 76.0 Å². The van der Waals surface area contributed by atoms with E-state index in [-0.39, 0.29) is 18.0 Å². The Balaban J connectivity index is 1.39. The van der Waals surface area contributed by atoms with Gasteiger partial charge in [0.15, 0.2) is 0 Å². The Hall–Kier alpha value is -2.08. The number of nitrogens with one attached hydrogen (secondary N) is 2. The third-order valence-corrected chi connectivity index (χ3v) is 5.65. The molecule has 1 aromatic rings. The standard InChI is InChI=1S/C21H32N4O2/c1-16-7-8-19(13-17(16)2)25-15-18(14-20(25)26)23-21(27)22-9-6-12-24-10-4-3-5-11-24/h7-8,13,18H,3-6,9-12,14-15H2,1-2H3,(H2,22,23,27)/t18-/m1/s1. The third kappa shape index (κ3) is 5.45. The van der Waals surface area contributed by atoms with Crippen LogP contribution in [0.15, 0.2) is 18.2 Å². The molecule has 2 aliphatic heterocycles. The van der Waals surface area contributed by atoms with Crippen molar-refractivity contribution in [1.29, 1.82) is 0 Å². The van der Waals surface area contributed by atoms with Gasteiger partial charge in [-0.15, -0.1) is 0 Å². The minimum absolute atomic E-state index is 0.0636. The molecule has 6 heteroatoms. The van der Waals surface area contributed by atoms with Gasteiger partial charge < -0.3 is 20.4 Å². The number of benzene rings is 1. The topological polar surface area (TPSA) is 64.7 Å². The Bertz CT molecular complexity index is 670. The van der Waals surface area contributed by atoms with Crippen molar-refractivity contribution in [1.82, 2.24) is 15.5 Å². The summed E-state index contributed by atoms with van der Waals surface area (Å²) in [6, 6.07) is 5.74. The van der Waals surface area contributed by atoms with Crippen LogP contribution in [-0.2, 0) is 4.79 Å². The predicted molar refractivity (Wildman–Crippen MR) is 108 cm³/mol. The number of urea groups is 1. The van der Waals surface area contributed by atoms with Crippen molar-refractivity contribution in [3.05, 3.63) is 29.3 Å². The van der Waals surface area contributed by atoms with E-state index in [2.05, 4.69) is 22.5 Å². The summed E-state index contributed by atoms with van der Waals surface area (Å²) in [6.45, 7) is 8.72. The second-order valence-electron chi connectivity index (χ2n) is 7.83. The lowest BCUT2D eigenvalue weighted by molar-refractivity contribution is -0.117. The van der Waals surface area contributed by atoms with Gasteiger partial charge in [-0.25, -0.2) is 4.79 Å². The maximum atomic E-state index is 12.3. The third-order valence-electron chi connectivity index (χ3n) is 5.65. The molecule has 2 fully saturated rings. The summed E-state index contributed by atoms with van der Waals surface area (Å²) in [6.07, 6.45) is 5.25. The highest BCUT2D eigenvalue weighted by Crippen LogP contribution is 2.24. The van der Waals surface area contributed by atoms with Crippen molar-refractivity contribution < 1.29 is 9.59 Å². The second-order valence-corrected chi connectivity index (χ2v) is 7.83. The van der Waals surface area contributed by atoms with E-state index < -0.39 is 0 Å². The van der Waals surface area contributed by atoms with E-state index in [1.165, 1.54) is 43.5 Å². The highest BCUT2D eigenvalue weighted by atomic mass is 16.2. The Labute approximate surface area is 162 Å². The van der Waals surface area contributed by atoms with E-state index in [0.717, 1.165) is 18.7 Å². The molecule has 3 rings (SSSR count). The lowest BCUT2D eigenvalue weighted by Gasteiger charge is -2.26. The highest BCUT2D eigenvalue weighted by Gasteiger charge is 2.31. The van der Waals surface area contributed by atoms with E-state index in [9.17, 15) is 9.59 Å². The zero-order valence-corrected chi connectivity index (χ0v) is 16.6. The minimum atomic E-state index is -0.173. The van der Waals surface area contributed by atoms with Gasteiger partial charge in [0.2, 0.25) is 5.91 Å². The lowest BCUT2D eigenvalue weighted by Crippen LogP contribution is -2.44. The number of carbonyl (C=O) groups is 2. The maximum Gasteiger partial charge on any atom is 0.315 e. The number of hydrogen-bond acceptors (Lipinski definition) is 3. The Morgan fingerprint density at radius 1 is 1.15 bits per heavy atom. The van der Waals surface area contributed by atoms with Gasteiger partial charge in [-0.1, -0.05) is 12.5 Å². The van der Waals surface area contributed by atoms with Crippen LogP contribution in [0.25, 0.3) is 0 Å². The minimum Gasteiger partial charge on any atom is -0.338 e. The molecule has 0 saturated carbocycles. The van der Waals surface area contributed by atoms with E-state index in [1.807, 2.05) is 25.1 Å². The molecule has 1 atom stereocenters. The maximum absolute atomic E-state index is 12.3. The molecule has 2 heterocycles. The first-order chi connectivity index (χ1) is 13.0. The van der Waals surface area contributed by atoms with Crippen molar-refractivity contribution in [2.75, 3.05) is 37.6 Å². The normalized spacial score (nSPS) is 20.7. The van der Waals surface area contributed by atoms with Gasteiger partial charge in [0.25, 0.3) is 0 Å². The molecule has 0 aliphatic carbocycles. The summed E-state index contributed by atoms with van der Waals surface area (Å²) < 4.78 is 0. The van der Waals surface area contributed by atoms with Crippen LogP contribution in [-0.4, -0.2) is 55.6 Å². The fourth-order valence-electron chi connectivity index (χ4n) is 3.87. The number of carbonyl (C=O) groups excluding carboxylic acids is 2.